The highest BCUT2D eigenvalue weighted by Crippen LogP contribution is 2.42. The molecule has 8 nitrogen and oxygen atoms in total. The number of hydrogen-bond donors (Lipinski definition) is 3. The van der Waals surface area contributed by atoms with Gasteiger partial charge in [0.05, 0.1) is 6.04 Å². The van der Waals surface area contributed by atoms with Gasteiger partial charge in [0.25, 0.3) is 5.91 Å². The predicted octanol–water partition coefficient (Wildman–Crippen LogP) is 1.95. The molecule has 170 valence electrons. The number of aliphatic hydroxyl groups is 1. The van der Waals surface area contributed by atoms with Gasteiger partial charge < -0.3 is 20.5 Å². The standard InChI is InChI=1S/C22H37N3O5/c1-5-7-16(18(26)20(28)23-14-10-11-14)24-19(27)17-15-9-6-8-13(15)12-25(17)21(29)30-22(2,3)4/h13-18,26H,5-12H2,1-4H3,(H,23,28)(H,24,27)/t13-,15-,16-,17-,18+/m0/s1. The molecule has 3 N–H and O–H groups in total. The van der Waals surface area contributed by atoms with Gasteiger partial charge in [-0.05, 0) is 64.7 Å². The van der Waals surface area contributed by atoms with Crippen LogP contribution in [0.3, 0.4) is 0 Å². The van der Waals surface area contributed by atoms with Gasteiger partial charge in [0.1, 0.15) is 11.6 Å². The van der Waals surface area contributed by atoms with Gasteiger partial charge >= 0.3 is 6.09 Å². The van der Waals surface area contributed by atoms with Gasteiger partial charge in [0.2, 0.25) is 5.91 Å². The predicted molar refractivity (Wildman–Crippen MR) is 112 cm³/mol. The average molecular weight is 424 g/mol. The molecule has 0 radical (unpaired) electrons. The van der Waals surface area contributed by atoms with Crippen molar-refractivity contribution in [2.45, 2.75) is 102 Å². The molecule has 1 aliphatic heterocycles. The lowest BCUT2D eigenvalue weighted by atomic mass is 9.93. The summed E-state index contributed by atoms with van der Waals surface area (Å²) in [5, 5.41) is 16.3. The summed E-state index contributed by atoms with van der Waals surface area (Å²) >= 11 is 0. The molecule has 2 aliphatic carbocycles. The van der Waals surface area contributed by atoms with Crippen LogP contribution in [0.15, 0.2) is 0 Å². The van der Waals surface area contributed by atoms with Gasteiger partial charge in [-0.1, -0.05) is 19.8 Å². The molecule has 0 unspecified atom stereocenters. The van der Waals surface area contributed by atoms with E-state index in [9.17, 15) is 19.5 Å². The SMILES string of the molecule is CCC[C@H](NC(=O)[C@@H]1[C@H]2CCC[C@H]2CN1C(=O)OC(C)(C)C)[C@@H](O)C(=O)NC1CC1. The van der Waals surface area contributed by atoms with Crippen molar-refractivity contribution in [3.63, 3.8) is 0 Å². The molecule has 0 spiro atoms. The summed E-state index contributed by atoms with van der Waals surface area (Å²) in [6.45, 7) is 7.88. The van der Waals surface area contributed by atoms with Gasteiger partial charge in [-0.25, -0.2) is 4.79 Å². The second-order valence-corrected chi connectivity index (χ2v) is 10.1. The third-order valence-electron chi connectivity index (χ3n) is 6.29. The molecule has 0 aromatic carbocycles. The average Bonchev–Trinajstić information content (AvgIpc) is 3.21. The maximum Gasteiger partial charge on any atom is 0.410 e. The van der Waals surface area contributed by atoms with E-state index in [4.69, 9.17) is 4.74 Å². The van der Waals surface area contributed by atoms with Crippen molar-refractivity contribution in [2.75, 3.05) is 6.54 Å². The van der Waals surface area contributed by atoms with E-state index in [2.05, 4.69) is 10.6 Å². The minimum atomic E-state index is -1.30. The number of nitrogens with zero attached hydrogens (tertiary/aromatic N) is 1. The summed E-state index contributed by atoms with van der Waals surface area (Å²) in [5.41, 5.74) is -0.641. The Balaban J connectivity index is 1.71. The monoisotopic (exact) mass is 423 g/mol. The van der Waals surface area contributed by atoms with Gasteiger partial charge in [-0.3, -0.25) is 14.5 Å². The van der Waals surface area contributed by atoms with E-state index in [-0.39, 0.29) is 17.9 Å². The first-order valence-electron chi connectivity index (χ1n) is 11.4. The Morgan fingerprint density at radius 3 is 2.47 bits per heavy atom. The molecule has 8 heteroatoms. The Hall–Kier alpha value is -1.83. The van der Waals surface area contributed by atoms with Gasteiger partial charge in [0, 0.05) is 12.6 Å². The molecule has 1 heterocycles. The number of fused-ring (bicyclic) bond motifs is 1. The summed E-state index contributed by atoms with van der Waals surface area (Å²) in [6, 6.07) is -1.16. The Kier molecular flexibility index (Phi) is 6.95. The first-order chi connectivity index (χ1) is 14.1. The number of carbonyl (C=O) groups is 3. The maximum atomic E-state index is 13.3. The van der Waals surface area contributed by atoms with Crippen LogP contribution >= 0.6 is 0 Å². The van der Waals surface area contributed by atoms with Crippen LogP contribution in [0.1, 0.15) is 72.6 Å². The molecule has 3 aliphatic rings. The lowest BCUT2D eigenvalue weighted by molar-refractivity contribution is -0.134. The molecule has 3 amide bonds. The van der Waals surface area contributed by atoms with E-state index in [0.717, 1.165) is 32.1 Å². The number of rotatable bonds is 7. The van der Waals surface area contributed by atoms with Crippen molar-refractivity contribution in [2.24, 2.45) is 11.8 Å². The smallest absolute Gasteiger partial charge is 0.410 e. The van der Waals surface area contributed by atoms with Crippen molar-refractivity contribution in [3.8, 4) is 0 Å². The zero-order chi connectivity index (χ0) is 22.1. The molecular formula is C22H37N3O5. The van der Waals surface area contributed by atoms with E-state index in [1.54, 1.807) is 4.90 Å². The lowest BCUT2D eigenvalue weighted by Gasteiger charge is -2.31. The maximum absolute atomic E-state index is 13.3. The normalized spacial score (nSPS) is 27.9. The van der Waals surface area contributed by atoms with E-state index < -0.39 is 35.8 Å². The molecule has 5 atom stereocenters. The van der Waals surface area contributed by atoms with Crippen LogP contribution < -0.4 is 10.6 Å². The third-order valence-corrected chi connectivity index (χ3v) is 6.29. The van der Waals surface area contributed by atoms with Crippen LogP contribution in [0, 0.1) is 11.8 Å². The number of nitrogens with one attached hydrogen (secondary N) is 2. The highest BCUT2D eigenvalue weighted by molar-refractivity contribution is 5.88. The first kappa shape index (κ1) is 22.8. The molecular weight excluding hydrogens is 386 g/mol. The Morgan fingerprint density at radius 2 is 1.87 bits per heavy atom. The van der Waals surface area contributed by atoms with Gasteiger partial charge in [0.15, 0.2) is 6.10 Å². The molecule has 0 aromatic heterocycles. The van der Waals surface area contributed by atoms with Gasteiger partial charge in [-0.2, -0.15) is 0 Å². The molecule has 3 rings (SSSR count). The fraction of sp³-hybridized carbons (Fsp3) is 0.864. The quantitative estimate of drug-likeness (QED) is 0.580. The fourth-order valence-electron chi connectivity index (χ4n) is 4.73. The van der Waals surface area contributed by atoms with Crippen LogP contribution in [0.4, 0.5) is 4.79 Å². The van der Waals surface area contributed by atoms with Crippen LogP contribution in [0.5, 0.6) is 0 Å². The van der Waals surface area contributed by atoms with Gasteiger partial charge in [-0.15, -0.1) is 0 Å². The Bertz CT molecular complexity index is 658. The minimum absolute atomic E-state index is 0.0947. The largest absolute Gasteiger partial charge is 0.444 e. The van der Waals surface area contributed by atoms with E-state index >= 15 is 0 Å². The lowest BCUT2D eigenvalue weighted by Crippen LogP contribution is -2.56. The molecule has 1 saturated heterocycles. The van der Waals surface area contributed by atoms with Crippen molar-refractivity contribution in [3.05, 3.63) is 0 Å². The number of ether oxygens (including phenoxy) is 1. The highest BCUT2D eigenvalue weighted by Gasteiger charge is 2.51. The van der Waals surface area contributed by atoms with E-state index in [0.29, 0.717) is 25.3 Å². The third kappa shape index (κ3) is 5.45. The van der Waals surface area contributed by atoms with Crippen LogP contribution in [0.25, 0.3) is 0 Å². The van der Waals surface area contributed by atoms with Crippen molar-refractivity contribution in [1.82, 2.24) is 15.5 Å². The number of amides is 3. The first-order valence-corrected chi connectivity index (χ1v) is 11.4. The second kappa shape index (κ2) is 9.12. The van der Waals surface area contributed by atoms with Crippen LogP contribution in [-0.4, -0.2) is 64.3 Å². The van der Waals surface area contributed by atoms with Crippen molar-refractivity contribution in [1.29, 1.82) is 0 Å². The molecule has 3 fully saturated rings. The second-order valence-electron chi connectivity index (χ2n) is 10.1. The topological polar surface area (TPSA) is 108 Å². The zero-order valence-corrected chi connectivity index (χ0v) is 18.6. The fourth-order valence-corrected chi connectivity index (χ4v) is 4.73. The molecule has 0 bridgehead atoms. The summed E-state index contributed by atoms with van der Waals surface area (Å²) in [4.78, 5) is 40.0. The number of likely N-dealkylation sites (tertiary alicyclic amines) is 1. The minimum Gasteiger partial charge on any atom is -0.444 e. The molecule has 2 saturated carbocycles. The summed E-state index contributed by atoms with van der Waals surface area (Å²) in [5.74, 6) is -0.351. The van der Waals surface area contributed by atoms with E-state index in [1.165, 1.54) is 0 Å². The molecule has 0 aromatic rings. The zero-order valence-electron chi connectivity index (χ0n) is 18.6. The number of carbonyl (C=O) groups excluding carboxylic acids is 3. The Labute approximate surface area is 179 Å². The number of hydrogen-bond acceptors (Lipinski definition) is 5. The summed E-state index contributed by atoms with van der Waals surface area (Å²) in [7, 11) is 0. The van der Waals surface area contributed by atoms with Crippen molar-refractivity contribution >= 4 is 17.9 Å². The summed E-state index contributed by atoms with van der Waals surface area (Å²) < 4.78 is 5.55. The van der Waals surface area contributed by atoms with E-state index in [1.807, 2.05) is 27.7 Å². The van der Waals surface area contributed by atoms with Crippen LogP contribution in [0.2, 0.25) is 0 Å². The van der Waals surface area contributed by atoms with Crippen molar-refractivity contribution < 1.29 is 24.2 Å². The number of aliphatic hydroxyl groups excluding tert-OH is 1. The highest BCUT2D eigenvalue weighted by atomic mass is 16.6. The Morgan fingerprint density at radius 1 is 1.17 bits per heavy atom. The summed E-state index contributed by atoms with van der Waals surface area (Å²) in [6.07, 6.45) is 4.22. The van der Waals surface area contributed by atoms with Crippen LogP contribution in [-0.2, 0) is 14.3 Å². The molecule has 30 heavy (non-hydrogen) atoms.